The summed E-state index contributed by atoms with van der Waals surface area (Å²) in [5, 5.41) is 39.7. The third-order valence-electron chi connectivity index (χ3n) is 4.72. The van der Waals surface area contributed by atoms with Gasteiger partial charge < -0.3 is 34.5 Å². The van der Waals surface area contributed by atoms with Crippen LogP contribution in [-0.2, 0) is 0 Å². The molecule has 0 atom stereocenters. The highest BCUT2D eigenvalue weighted by atomic mass is 16.5. The van der Waals surface area contributed by atoms with Crippen molar-refractivity contribution >= 4 is 11.0 Å². The standard InChI is InChI=1S/C21H23NO7/c1-3-22(4-2)7-8-28-16-9-12(5-6-14(16)24)21-20(27)19(26)18-15(25)10-13(23)11-17(18)29-21/h5-6,9-11,23-25,27H,3-4,7-8H2,1-2H3. The minimum Gasteiger partial charge on any atom is -0.508 e. The summed E-state index contributed by atoms with van der Waals surface area (Å²) in [6, 6.07) is 6.43. The van der Waals surface area contributed by atoms with E-state index in [1.54, 1.807) is 0 Å². The molecule has 0 unspecified atom stereocenters. The molecule has 0 aliphatic rings. The van der Waals surface area contributed by atoms with Gasteiger partial charge in [0.2, 0.25) is 11.2 Å². The third kappa shape index (κ3) is 4.07. The van der Waals surface area contributed by atoms with Gasteiger partial charge >= 0.3 is 0 Å². The number of benzene rings is 2. The van der Waals surface area contributed by atoms with Gasteiger partial charge in [0.25, 0.3) is 0 Å². The average Bonchev–Trinajstić information content (AvgIpc) is 2.69. The van der Waals surface area contributed by atoms with Crippen LogP contribution in [0.3, 0.4) is 0 Å². The molecule has 29 heavy (non-hydrogen) atoms. The Hall–Kier alpha value is -3.39. The van der Waals surface area contributed by atoms with Crippen LogP contribution in [0.4, 0.5) is 0 Å². The number of hydrogen-bond acceptors (Lipinski definition) is 8. The number of aromatic hydroxyl groups is 4. The lowest BCUT2D eigenvalue weighted by atomic mass is 10.1. The van der Waals surface area contributed by atoms with Crippen molar-refractivity contribution in [1.82, 2.24) is 4.90 Å². The Morgan fingerprint density at radius 3 is 2.41 bits per heavy atom. The van der Waals surface area contributed by atoms with Crippen LogP contribution in [0, 0.1) is 0 Å². The molecular formula is C21H23NO7. The highest BCUT2D eigenvalue weighted by Gasteiger charge is 2.20. The van der Waals surface area contributed by atoms with Crippen LogP contribution in [0.15, 0.2) is 39.5 Å². The fourth-order valence-electron chi connectivity index (χ4n) is 3.07. The summed E-state index contributed by atoms with van der Waals surface area (Å²) in [5.74, 6) is -1.57. The second kappa shape index (κ2) is 8.32. The summed E-state index contributed by atoms with van der Waals surface area (Å²) >= 11 is 0. The molecule has 8 heteroatoms. The Morgan fingerprint density at radius 2 is 1.72 bits per heavy atom. The molecule has 0 saturated carbocycles. The van der Waals surface area contributed by atoms with Crippen LogP contribution in [-0.4, -0.2) is 51.6 Å². The molecule has 0 fully saturated rings. The Bertz CT molecular complexity index is 1090. The average molecular weight is 401 g/mol. The Labute approximate surface area is 166 Å². The molecule has 0 aliphatic heterocycles. The summed E-state index contributed by atoms with van der Waals surface area (Å²) < 4.78 is 11.2. The van der Waals surface area contributed by atoms with E-state index in [-0.39, 0.29) is 34.0 Å². The minimum atomic E-state index is -0.837. The lowest BCUT2D eigenvalue weighted by Crippen LogP contribution is -2.27. The number of likely N-dealkylation sites (N-methyl/N-ethyl adjacent to an activating group) is 1. The predicted octanol–water partition coefficient (Wildman–Crippen LogP) is 3.00. The fraction of sp³-hybridized carbons (Fsp3) is 0.286. The lowest BCUT2D eigenvalue weighted by molar-refractivity contribution is 0.218. The van der Waals surface area contributed by atoms with Crippen molar-refractivity contribution in [3.05, 3.63) is 40.6 Å². The SMILES string of the molecule is CCN(CC)CCOc1cc(-c2oc3cc(O)cc(O)c3c(=O)c2O)ccc1O. The molecule has 0 aliphatic carbocycles. The quantitative estimate of drug-likeness (QED) is 0.476. The summed E-state index contributed by atoms with van der Waals surface area (Å²) in [6.45, 7) is 6.85. The molecule has 0 saturated heterocycles. The molecule has 1 aromatic heterocycles. The Kier molecular flexibility index (Phi) is 5.84. The maximum absolute atomic E-state index is 12.5. The maximum atomic E-state index is 12.5. The Balaban J connectivity index is 2.00. The zero-order valence-electron chi connectivity index (χ0n) is 16.2. The van der Waals surface area contributed by atoms with E-state index in [2.05, 4.69) is 4.90 Å². The number of hydrogen-bond donors (Lipinski definition) is 4. The predicted molar refractivity (Wildman–Crippen MR) is 108 cm³/mol. The van der Waals surface area contributed by atoms with Gasteiger partial charge in [0.15, 0.2) is 17.3 Å². The van der Waals surface area contributed by atoms with Crippen molar-refractivity contribution in [2.75, 3.05) is 26.2 Å². The second-order valence-electron chi connectivity index (χ2n) is 6.50. The number of phenolic OH excluding ortho intramolecular Hbond substituents is 3. The molecule has 1 heterocycles. The monoisotopic (exact) mass is 401 g/mol. The van der Waals surface area contributed by atoms with Crippen LogP contribution in [0.25, 0.3) is 22.3 Å². The van der Waals surface area contributed by atoms with Crippen LogP contribution in [0.1, 0.15) is 13.8 Å². The topological polar surface area (TPSA) is 124 Å². The van der Waals surface area contributed by atoms with E-state index in [4.69, 9.17) is 9.15 Å². The lowest BCUT2D eigenvalue weighted by Gasteiger charge is -2.18. The summed E-state index contributed by atoms with van der Waals surface area (Å²) in [5.41, 5.74) is -0.631. The van der Waals surface area contributed by atoms with E-state index >= 15 is 0 Å². The number of rotatable bonds is 7. The molecule has 2 aromatic carbocycles. The summed E-state index contributed by atoms with van der Waals surface area (Å²) in [4.78, 5) is 14.6. The first-order valence-electron chi connectivity index (χ1n) is 9.26. The Morgan fingerprint density at radius 1 is 1.00 bits per heavy atom. The van der Waals surface area contributed by atoms with Crippen molar-refractivity contribution in [1.29, 1.82) is 0 Å². The highest BCUT2D eigenvalue weighted by molar-refractivity contribution is 5.88. The van der Waals surface area contributed by atoms with Gasteiger partial charge in [0, 0.05) is 24.2 Å². The number of fused-ring (bicyclic) bond motifs is 1. The van der Waals surface area contributed by atoms with Crippen molar-refractivity contribution in [2.24, 2.45) is 0 Å². The van der Waals surface area contributed by atoms with Gasteiger partial charge in [-0.2, -0.15) is 0 Å². The first kappa shape index (κ1) is 20.3. The number of nitrogens with zero attached hydrogens (tertiary/aromatic N) is 1. The molecule has 154 valence electrons. The zero-order valence-corrected chi connectivity index (χ0v) is 16.2. The largest absolute Gasteiger partial charge is 0.508 e. The molecule has 4 N–H and O–H groups in total. The van der Waals surface area contributed by atoms with Gasteiger partial charge in [0.1, 0.15) is 29.1 Å². The van der Waals surface area contributed by atoms with E-state index in [9.17, 15) is 25.2 Å². The number of ether oxygens (including phenoxy) is 1. The second-order valence-corrected chi connectivity index (χ2v) is 6.50. The molecular weight excluding hydrogens is 378 g/mol. The van der Waals surface area contributed by atoms with Crippen molar-refractivity contribution in [3.63, 3.8) is 0 Å². The summed E-state index contributed by atoms with van der Waals surface area (Å²) in [7, 11) is 0. The normalized spacial score (nSPS) is 11.3. The van der Waals surface area contributed by atoms with Gasteiger partial charge in [-0.15, -0.1) is 0 Å². The highest BCUT2D eigenvalue weighted by Crippen LogP contribution is 2.38. The van der Waals surface area contributed by atoms with Crippen LogP contribution in [0.2, 0.25) is 0 Å². The first-order chi connectivity index (χ1) is 13.8. The summed E-state index contributed by atoms with van der Waals surface area (Å²) in [6.07, 6.45) is 0. The molecule has 3 rings (SSSR count). The fourth-order valence-corrected chi connectivity index (χ4v) is 3.07. The molecule has 3 aromatic rings. The van der Waals surface area contributed by atoms with E-state index in [0.29, 0.717) is 18.7 Å². The minimum absolute atomic E-state index is 0.0858. The zero-order chi connectivity index (χ0) is 21.1. The smallest absolute Gasteiger partial charge is 0.238 e. The molecule has 8 nitrogen and oxygen atoms in total. The number of phenols is 3. The molecule has 0 bridgehead atoms. The van der Waals surface area contributed by atoms with E-state index < -0.39 is 16.9 Å². The van der Waals surface area contributed by atoms with E-state index in [1.807, 2.05) is 13.8 Å². The van der Waals surface area contributed by atoms with Crippen LogP contribution >= 0.6 is 0 Å². The van der Waals surface area contributed by atoms with Crippen molar-refractivity contribution in [3.8, 4) is 40.1 Å². The molecule has 0 spiro atoms. The van der Waals surface area contributed by atoms with E-state index in [1.165, 1.54) is 24.3 Å². The molecule has 0 radical (unpaired) electrons. The molecule has 0 amide bonds. The van der Waals surface area contributed by atoms with E-state index in [0.717, 1.165) is 19.2 Å². The first-order valence-corrected chi connectivity index (χ1v) is 9.26. The van der Waals surface area contributed by atoms with Gasteiger partial charge in [-0.1, -0.05) is 13.8 Å². The maximum Gasteiger partial charge on any atom is 0.238 e. The van der Waals surface area contributed by atoms with Crippen LogP contribution in [0.5, 0.6) is 28.7 Å². The van der Waals surface area contributed by atoms with Gasteiger partial charge in [-0.3, -0.25) is 4.79 Å². The van der Waals surface area contributed by atoms with Crippen molar-refractivity contribution < 1.29 is 29.6 Å². The van der Waals surface area contributed by atoms with Crippen molar-refractivity contribution in [2.45, 2.75) is 13.8 Å². The van der Waals surface area contributed by atoms with Gasteiger partial charge in [-0.05, 0) is 31.3 Å². The third-order valence-corrected chi connectivity index (χ3v) is 4.72. The van der Waals surface area contributed by atoms with Crippen LogP contribution < -0.4 is 10.2 Å². The van der Waals surface area contributed by atoms with Gasteiger partial charge in [0.05, 0.1) is 0 Å². The van der Waals surface area contributed by atoms with Gasteiger partial charge in [-0.25, -0.2) is 0 Å².